The maximum atomic E-state index is 12.6. The highest BCUT2D eigenvalue weighted by Crippen LogP contribution is 2.34. The van der Waals surface area contributed by atoms with E-state index in [2.05, 4.69) is 5.10 Å². The lowest BCUT2D eigenvalue weighted by Crippen LogP contribution is -2.32. The average molecular weight is 280 g/mol. The maximum Gasteiger partial charge on any atom is 0.274 e. The third kappa shape index (κ3) is 2.04. The van der Waals surface area contributed by atoms with E-state index in [0.29, 0.717) is 17.3 Å². The first-order valence-corrected chi connectivity index (χ1v) is 6.58. The Labute approximate surface area is 115 Å². The van der Waals surface area contributed by atoms with Gasteiger partial charge in [0.2, 0.25) is 0 Å². The monoisotopic (exact) mass is 279 g/mol. The topological polar surface area (TPSA) is 51.3 Å². The van der Waals surface area contributed by atoms with E-state index in [0.717, 1.165) is 18.6 Å². The van der Waals surface area contributed by atoms with Gasteiger partial charge in [-0.1, -0.05) is 11.6 Å². The number of carbonyl (C=O) groups is 1. The van der Waals surface area contributed by atoms with Crippen LogP contribution in [0.2, 0.25) is 5.02 Å². The smallest absolute Gasteiger partial charge is 0.274 e. The van der Waals surface area contributed by atoms with Crippen LogP contribution in [-0.4, -0.2) is 27.1 Å². The molecule has 1 amide bonds. The number of nitrogens with zero attached hydrogens (tertiary/aromatic N) is 3. The zero-order valence-electron chi connectivity index (χ0n) is 10.5. The summed E-state index contributed by atoms with van der Waals surface area (Å²) < 4.78 is 6.94. The van der Waals surface area contributed by atoms with Crippen LogP contribution in [-0.2, 0) is 7.05 Å². The lowest BCUT2D eigenvalue weighted by atomic mass is 10.1. The molecule has 1 atom stereocenters. The van der Waals surface area contributed by atoms with E-state index < -0.39 is 0 Å². The zero-order valence-corrected chi connectivity index (χ0v) is 11.3. The van der Waals surface area contributed by atoms with E-state index in [1.807, 2.05) is 17.0 Å². The van der Waals surface area contributed by atoms with Gasteiger partial charge in [-0.15, -0.1) is 0 Å². The van der Waals surface area contributed by atoms with Gasteiger partial charge in [0.1, 0.15) is 11.5 Å². The van der Waals surface area contributed by atoms with E-state index in [-0.39, 0.29) is 11.9 Å². The third-order valence-corrected chi connectivity index (χ3v) is 3.76. The molecular formula is C13H14ClN3O2. The second kappa shape index (κ2) is 4.74. The minimum Gasteiger partial charge on any atom is -0.467 e. The van der Waals surface area contributed by atoms with E-state index in [9.17, 15) is 4.79 Å². The maximum absolute atomic E-state index is 12.6. The summed E-state index contributed by atoms with van der Waals surface area (Å²) >= 11 is 6.04. The van der Waals surface area contributed by atoms with Crippen LogP contribution in [0.1, 0.15) is 35.1 Å². The predicted molar refractivity (Wildman–Crippen MR) is 69.9 cm³/mol. The minimum absolute atomic E-state index is 0.00605. The van der Waals surface area contributed by atoms with Crippen LogP contribution < -0.4 is 0 Å². The summed E-state index contributed by atoms with van der Waals surface area (Å²) in [4.78, 5) is 14.4. The molecule has 1 aliphatic rings. The fourth-order valence-corrected chi connectivity index (χ4v) is 2.82. The van der Waals surface area contributed by atoms with Crippen molar-refractivity contribution >= 4 is 17.5 Å². The van der Waals surface area contributed by atoms with Crippen molar-refractivity contribution in [3.05, 3.63) is 41.1 Å². The van der Waals surface area contributed by atoms with Gasteiger partial charge < -0.3 is 9.32 Å². The second-order valence-corrected chi connectivity index (χ2v) is 5.04. The number of halogens is 1. The molecular weight excluding hydrogens is 266 g/mol. The summed E-state index contributed by atoms with van der Waals surface area (Å²) in [5, 5.41) is 4.40. The van der Waals surface area contributed by atoms with Crippen LogP contribution >= 0.6 is 11.6 Å². The molecule has 5 nitrogen and oxygen atoms in total. The highest BCUT2D eigenvalue weighted by atomic mass is 35.5. The van der Waals surface area contributed by atoms with Gasteiger partial charge in [-0.3, -0.25) is 9.48 Å². The third-order valence-electron chi connectivity index (χ3n) is 3.48. The van der Waals surface area contributed by atoms with E-state index in [1.165, 1.54) is 10.9 Å². The molecule has 1 saturated heterocycles. The van der Waals surface area contributed by atoms with Crippen LogP contribution in [0.25, 0.3) is 0 Å². The van der Waals surface area contributed by atoms with Crippen molar-refractivity contribution < 1.29 is 9.21 Å². The van der Waals surface area contributed by atoms with Gasteiger partial charge in [0, 0.05) is 13.6 Å². The summed E-state index contributed by atoms with van der Waals surface area (Å²) in [5.74, 6) is 0.730. The SMILES string of the molecule is Cn1ncc(Cl)c1C(=O)N1CCCC1c1ccco1. The molecule has 0 bridgehead atoms. The first kappa shape index (κ1) is 12.3. The van der Waals surface area contributed by atoms with Crippen molar-refractivity contribution in [2.45, 2.75) is 18.9 Å². The summed E-state index contributed by atoms with van der Waals surface area (Å²) in [6.45, 7) is 0.714. The Kier molecular flexibility index (Phi) is 3.06. The molecule has 19 heavy (non-hydrogen) atoms. The minimum atomic E-state index is -0.0936. The lowest BCUT2D eigenvalue weighted by Gasteiger charge is -2.23. The quantitative estimate of drug-likeness (QED) is 0.849. The number of likely N-dealkylation sites (tertiary alicyclic amines) is 1. The number of hydrogen-bond donors (Lipinski definition) is 0. The van der Waals surface area contributed by atoms with Crippen molar-refractivity contribution in [1.29, 1.82) is 0 Å². The normalized spacial score (nSPS) is 19.1. The number of aryl methyl sites for hydroxylation is 1. The van der Waals surface area contributed by atoms with Crippen molar-refractivity contribution in [2.24, 2.45) is 7.05 Å². The molecule has 1 aliphatic heterocycles. The van der Waals surface area contributed by atoms with Gasteiger partial charge >= 0.3 is 0 Å². The van der Waals surface area contributed by atoms with Crippen molar-refractivity contribution in [3.8, 4) is 0 Å². The van der Waals surface area contributed by atoms with Crippen molar-refractivity contribution in [3.63, 3.8) is 0 Å². The largest absolute Gasteiger partial charge is 0.467 e. The molecule has 2 aromatic heterocycles. The number of amides is 1. The Morgan fingerprint density at radius 1 is 1.58 bits per heavy atom. The van der Waals surface area contributed by atoms with E-state index >= 15 is 0 Å². The van der Waals surface area contributed by atoms with Gasteiger partial charge in [-0.05, 0) is 25.0 Å². The molecule has 0 saturated carbocycles. The molecule has 100 valence electrons. The molecule has 1 unspecified atom stereocenters. The van der Waals surface area contributed by atoms with Crippen LogP contribution in [0.5, 0.6) is 0 Å². The Hall–Kier alpha value is -1.75. The molecule has 0 aromatic carbocycles. The summed E-state index contributed by atoms with van der Waals surface area (Å²) in [6, 6.07) is 3.74. The van der Waals surface area contributed by atoms with Gasteiger partial charge in [0.15, 0.2) is 0 Å². The standard InChI is InChI=1S/C13H14ClN3O2/c1-16-12(9(14)8-15-16)13(18)17-6-2-4-10(17)11-5-3-7-19-11/h3,5,7-8,10H,2,4,6H2,1H3. The summed E-state index contributed by atoms with van der Waals surface area (Å²) in [6.07, 6.45) is 5.00. The molecule has 3 heterocycles. The summed E-state index contributed by atoms with van der Waals surface area (Å²) in [7, 11) is 1.72. The van der Waals surface area contributed by atoms with Crippen LogP contribution in [0.15, 0.2) is 29.0 Å². The molecule has 0 spiro atoms. The van der Waals surface area contributed by atoms with Gasteiger partial charge in [-0.25, -0.2) is 0 Å². The van der Waals surface area contributed by atoms with Gasteiger partial charge in [0.05, 0.1) is 23.5 Å². The summed E-state index contributed by atoms with van der Waals surface area (Å²) in [5.41, 5.74) is 0.431. The molecule has 0 radical (unpaired) electrons. The van der Waals surface area contributed by atoms with Crippen LogP contribution in [0.3, 0.4) is 0 Å². The number of aromatic nitrogens is 2. The highest BCUT2D eigenvalue weighted by Gasteiger charge is 2.34. The number of hydrogen-bond acceptors (Lipinski definition) is 3. The average Bonchev–Trinajstić information content (AvgIpc) is 3.08. The fourth-order valence-electron chi connectivity index (χ4n) is 2.57. The van der Waals surface area contributed by atoms with E-state index in [1.54, 1.807) is 13.3 Å². The molecule has 6 heteroatoms. The van der Waals surface area contributed by atoms with E-state index in [4.69, 9.17) is 16.0 Å². The van der Waals surface area contributed by atoms with Crippen molar-refractivity contribution in [2.75, 3.05) is 6.54 Å². The zero-order chi connectivity index (χ0) is 13.4. The Balaban J connectivity index is 1.91. The fraction of sp³-hybridized carbons (Fsp3) is 0.385. The van der Waals surface area contributed by atoms with Crippen molar-refractivity contribution in [1.82, 2.24) is 14.7 Å². The molecule has 3 rings (SSSR count). The second-order valence-electron chi connectivity index (χ2n) is 4.64. The van der Waals surface area contributed by atoms with Gasteiger partial charge in [-0.2, -0.15) is 5.10 Å². The predicted octanol–water partition coefficient (Wildman–Crippen LogP) is 2.64. The lowest BCUT2D eigenvalue weighted by molar-refractivity contribution is 0.0709. The first-order valence-electron chi connectivity index (χ1n) is 6.20. The Bertz CT molecular complexity index is 572. The number of furan rings is 1. The molecule has 0 aliphatic carbocycles. The number of rotatable bonds is 2. The molecule has 1 fully saturated rings. The van der Waals surface area contributed by atoms with Crippen LogP contribution in [0, 0.1) is 0 Å². The Morgan fingerprint density at radius 2 is 2.42 bits per heavy atom. The Morgan fingerprint density at radius 3 is 3.05 bits per heavy atom. The highest BCUT2D eigenvalue weighted by molar-refractivity contribution is 6.33. The van der Waals surface area contributed by atoms with Gasteiger partial charge in [0.25, 0.3) is 5.91 Å². The molecule has 2 aromatic rings. The molecule has 0 N–H and O–H groups in total. The van der Waals surface area contributed by atoms with Crippen LogP contribution in [0.4, 0.5) is 0 Å². The first-order chi connectivity index (χ1) is 9.18. The number of carbonyl (C=O) groups excluding carboxylic acids is 1.